The second-order valence-corrected chi connectivity index (χ2v) is 7.71. The molecule has 0 saturated heterocycles. The van der Waals surface area contributed by atoms with Gasteiger partial charge in [0.2, 0.25) is 5.91 Å². The molecule has 8 heteroatoms. The lowest BCUT2D eigenvalue weighted by Gasteiger charge is -2.30. The van der Waals surface area contributed by atoms with Crippen LogP contribution in [0.15, 0.2) is 66.7 Å². The first-order chi connectivity index (χ1) is 17.0. The molecule has 4 rings (SSSR count). The maximum Gasteiger partial charge on any atom is 0.265 e. The van der Waals surface area contributed by atoms with Crippen molar-refractivity contribution in [1.29, 1.82) is 0 Å². The number of anilines is 2. The quantitative estimate of drug-likeness (QED) is 0.472. The Kier molecular flexibility index (Phi) is 7.30. The van der Waals surface area contributed by atoms with E-state index in [-0.39, 0.29) is 25.0 Å². The first-order valence-electron chi connectivity index (χ1n) is 11.1. The number of fused-ring (bicyclic) bond motifs is 1. The van der Waals surface area contributed by atoms with Gasteiger partial charge in [0.1, 0.15) is 11.6 Å². The summed E-state index contributed by atoms with van der Waals surface area (Å²) in [5.41, 5.74) is 2.08. The minimum Gasteiger partial charge on any atom is -0.493 e. The first kappa shape index (κ1) is 23.8. The second kappa shape index (κ2) is 10.7. The zero-order chi connectivity index (χ0) is 24.8. The van der Waals surface area contributed by atoms with Crippen LogP contribution in [0.3, 0.4) is 0 Å². The summed E-state index contributed by atoms with van der Waals surface area (Å²) in [6.07, 6.45) is 3.05. The summed E-state index contributed by atoms with van der Waals surface area (Å²) in [5.74, 6) is 0.631. The molecule has 0 saturated carbocycles. The van der Waals surface area contributed by atoms with Gasteiger partial charge >= 0.3 is 0 Å². The molecule has 1 aliphatic rings. The Hall–Kier alpha value is -4.33. The van der Waals surface area contributed by atoms with Crippen molar-refractivity contribution >= 4 is 29.3 Å². The van der Waals surface area contributed by atoms with Crippen molar-refractivity contribution in [1.82, 2.24) is 0 Å². The molecule has 3 aromatic carbocycles. The van der Waals surface area contributed by atoms with Crippen LogP contribution in [0.2, 0.25) is 0 Å². The van der Waals surface area contributed by atoms with Gasteiger partial charge in [0.15, 0.2) is 18.1 Å². The SMILES string of the molecule is CCOc1ccc(/C=C/C(=O)Nc2ccc3c(c2)N(Cc2ccccc2F)C(=O)CO3)cc1OC. The molecule has 0 aliphatic carbocycles. The summed E-state index contributed by atoms with van der Waals surface area (Å²) in [6.45, 7) is 2.32. The van der Waals surface area contributed by atoms with Gasteiger partial charge in [-0.1, -0.05) is 24.3 Å². The number of halogens is 1. The van der Waals surface area contributed by atoms with Gasteiger partial charge < -0.3 is 24.4 Å². The number of rotatable bonds is 8. The van der Waals surface area contributed by atoms with Gasteiger partial charge in [-0.05, 0) is 55.0 Å². The number of amides is 2. The lowest BCUT2D eigenvalue weighted by molar-refractivity contribution is -0.121. The standard InChI is InChI=1S/C27H25FN2O5/c1-3-34-24-11-8-18(14-25(24)33-2)9-13-26(31)29-20-10-12-23-22(15-20)30(27(32)17-35-23)16-19-6-4-5-7-21(19)28/h4-15H,3,16-17H2,1-2H3,(H,29,31)/b13-9+. The number of hydrogen-bond acceptors (Lipinski definition) is 5. The van der Waals surface area contributed by atoms with Gasteiger partial charge in [0.25, 0.3) is 5.91 Å². The Balaban J connectivity index is 1.50. The molecular formula is C27H25FN2O5. The lowest BCUT2D eigenvalue weighted by Crippen LogP contribution is -2.38. The van der Waals surface area contributed by atoms with Crippen LogP contribution in [-0.2, 0) is 16.1 Å². The third-order valence-electron chi connectivity index (χ3n) is 5.37. The third kappa shape index (κ3) is 5.60. The van der Waals surface area contributed by atoms with Gasteiger partial charge in [0.05, 0.1) is 25.9 Å². The molecule has 35 heavy (non-hydrogen) atoms. The van der Waals surface area contributed by atoms with E-state index < -0.39 is 5.82 Å². The molecular weight excluding hydrogens is 451 g/mol. The monoisotopic (exact) mass is 476 g/mol. The number of ether oxygens (including phenoxy) is 3. The fourth-order valence-electron chi connectivity index (χ4n) is 3.67. The van der Waals surface area contributed by atoms with Crippen LogP contribution in [0.25, 0.3) is 6.08 Å². The highest BCUT2D eigenvalue weighted by atomic mass is 19.1. The normalized spacial score (nSPS) is 12.8. The van der Waals surface area contributed by atoms with E-state index in [0.717, 1.165) is 5.56 Å². The van der Waals surface area contributed by atoms with Crippen LogP contribution in [-0.4, -0.2) is 32.1 Å². The summed E-state index contributed by atoms with van der Waals surface area (Å²) >= 11 is 0. The van der Waals surface area contributed by atoms with Gasteiger partial charge in [-0.2, -0.15) is 0 Å². The van der Waals surface area contributed by atoms with Crippen LogP contribution in [0, 0.1) is 5.82 Å². The van der Waals surface area contributed by atoms with Crippen molar-refractivity contribution in [2.24, 2.45) is 0 Å². The Morgan fingerprint density at radius 1 is 1.14 bits per heavy atom. The summed E-state index contributed by atoms with van der Waals surface area (Å²) in [6, 6.07) is 16.7. The number of nitrogens with zero attached hydrogens (tertiary/aromatic N) is 1. The van der Waals surface area contributed by atoms with Crippen molar-refractivity contribution in [2.75, 3.05) is 30.5 Å². The molecule has 1 heterocycles. The van der Waals surface area contributed by atoms with E-state index in [0.29, 0.717) is 40.8 Å². The molecule has 0 unspecified atom stereocenters. The smallest absolute Gasteiger partial charge is 0.265 e. The first-order valence-corrected chi connectivity index (χ1v) is 11.1. The predicted octanol–water partition coefficient (Wildman–Crippen LogP) is 4.81. The van der Waals surface area contributed by atoms with Gasteiger partial charge in [-0.15, -0.1) is 0 Å². The lowest BCUT2D eigenvalue weighted by atomic mass is 10.1. The fourth-order valence-corrected chi connectivity index (χ4v) is 3.67. The number of nitrogens with one attached hydrogen (secondary N) is 1. The Labute approximate surface area is 202 Å². The van der Waals surface area contributed by atoms with Crippen molar-refractivity contribution in [3.63, 3.8) is 0 Å². The van der Waals surface area contributed by atoms with Crippen LogP contribution < -0.4 is 24.4 Å². The average Bonchev–Trinajstić information content (AvgIpc) is 2.86. The van der Waals surface area contributed by atoms with E-state index in [2.05, 4.69) is 5.32 Å². The van der Waals surface area contributed by atoms with E-state index in [1.54, 1.807) is 61.7 Å². The summed E-state index contributed by atoms with van der Waals surface area (Å²) in [7, 11) is 1.55. The molecule has 0 bridgehead atoms. The van der Waals surface area contributed by atoms with Crippen LogP contribution in [0.4, 0.5) is 15.8 Å². The highest BCUT2D eigenvalue weighted by molar-refractivity contribution is 6.03. The van der Waals surface area contributed by atoms with Gasteiger partial charge in [0, 0.05) is 17.3 Å². The molecule has 1 N–H and O–H groups in total. The van der Waals surface area contributed by atoms with Gasteiger partial charge in [-0.25, -0.2) is 4.39 Å². The molecule has 0 aromatic heterocycles. The van der Waals surface area contributed by atoms with E-state index in [4.69, 9.17) is 14.2 Å². The number of carbonyl (C=O) groups excluding carboxylic acids is 2. The van der Waals surface area contributed by atoms with Crippen molar-refractivity contribution in [3.8, 4) is 17.2 Å². The molecule has 2 amide bonds. The minimum absolute atomic E-state index is 0.0543. The van der Waals surface area contributed by atoms with E-state index in [1.807, 2.05) is 13.0 Å². The van der Waals surface area contributed by atoms with Gasteiger partial charge in [-0.3, -0.25) is 9.59 Å². The van der Waals surface area contributed by atoms with Crippen molar-refractivity contribution in [2.45, 2.75) is 13.5 Å². The molecule has 1 aliphatic heterocycles. The van der Waals surface area contributed by atoms with Crippen LogP contribution in [0.5, 0.6) is 17.2 Å². The third-order valence-corrected chi connectivity index (χ3v) is 5.37. The summed E-state index contributed by atoms with van der Waals surface area (Å²) in [4.78, 5) is 26.5. The van der Waals surface area contributed by atoms with Crippen LogP contribution >= 0.6 is 0 Å². The number of benzene rings is 3. The van der Waals surface area contributed by atoms with E-state index in [9.17, 15) is 14.0 Å². The van der Waals surface area contributed by atoms with Crippen molar-refractivity contribution < 1.29 is 28.2 Å². The molecule has 0 fully saturated rings. The molecule has 180 valence electrons. The van der Waals surface area contributed by atoms with Crippen LogP contribution in [0.1, 0.15) is 18.1 Å². The average molecular weight is 477 g/mol. The largest absolute Gasteiger partial charge is 0.493 e. The topological polar surface area (TPSA) is 77.1 Å². The number of hydrogen-bond donors (Lipinski definition) is 1. The maximum atomic E-state index is 14.2. The summed E-state index contributed by atoms with van der Waals surface area (Å²) in [5, 5.41) is 2.78. The molecule has 7 nitrogen and oxygen atoms in total. The molecule has 0 atom stereocenters. The number of carbonyl (C=O) groups is 2. The zero-order valence-corrected chi connectivity index (χ0v) is 19.4. The predicted molar refractivity (Wildman–Crippen MR) is 131 cm³/mol. The highest BCUT2D eigenvalue weighted by Crippen LogP contribution is 2.36. The van der Waals surface area contributed by atoms with E-state index in [1.165, 1.54) is 17.0 Å². The van der Waals surface area contributed by atoms with E-state index >= 15 is 0 Å². The Morgan fingerprint density at radius 3 is 2.74 bits per heavy atom. The molecule has 0 spiro atoms. The highest BCUT2D eigenvalue weighted by Gasteiger charge is 2.26. The molecule has 3 aromatic rings. The molecule has 0 radical (unpaired) electrons. The zero-order valence-electron chi connectivity index (χ0n) is 19.4. The minimum atomic E-state index is -0.395. The second-order valence-electron chi connectivity index (χ2n) is 7.71. The Morgan fingerprint density at radius 2 is 1.97 bits per heavy atom. The fraction of sp³-hybridized carbons (Fsp3) is 0.185. The Bertz CT molecular complexity index is 1270. The number of methoxy groups -OCH3 is 1. The maximum absolute atomic E-state index is 14.2. The summed E-state index contributed by atoms with van der Waals surface area (Å²) < 4.78 is 30.5. The van der Waals surface area contributed by atoms with Crippen molar-refractivity contribution in [3.05, 3.63) is 83.7 Å².